The molecule has 2 aliphatic rings. The van der Waals surface area contributed by atoms with Gasteiger partial charge in [-0.25, -0.2) is 13.8 Å². The molecule has 1 aromatic carbocycles. The number of carbonyl (C=O) groups excluding carboxylic acids is 2. The van der Waals surface area contributed by atoms with Gasteiger partial charge in [0.15, 0.2) is 5.75 Å². The molecule has 0 unspecified atom stereocenters. The Kier molecular flexibility index (Phi) is 8.03. The number of aromatic nitrogens is 3. The van der Waals surface area contributed by atoms with Crippen molar-refractivity contribution in [3.8, 4) is 11.5 Å². The smallest absolute Gasteiger partial charge is 0.424 e. The lowest BCUT2D eigenvalue weighted by Gasteiger charge is -2.31. The lowest BCUT2D eigenvalue weighted by Crippen LogP contribution is -2.51. The number of nitrogens with zero attached hydrogens (tertiary/aromatic N) is 3. The van der Waals surface area contributed by atoms with Crippen LogP contribution >= 0.6 is 0 Å². The topological polar surface area (TPSA) is 142 Å². The molecule has 0 bridgehead atoms. The third-order valence-electron chi connectivity index (χ3n) is 7.63. The van der Waals surface area contributed by atoms with Crippen molar-refractivity contribution in [1.29, 1.82) is 0 Å². The number of benzene rings is 1. The first-order valence-corrected chi connectivity index (χ1v) is 13.9. The first-order chi connectivity index (χ1) is 20.7. The van der Waals surface area contributed by atoms with Gasteiger partial charge in [-0.15, -0.1) is 0 Å². The van der Waals surface area contributed by atoms with Crippen molar-refractivity contribution >= 4 is 28.3 Å². The van der Waals surface area contributed by atoms with Crippen molar-refractivity contribution in [2.75, 3.05) is 20.3 Å². The second-order valence-corrected chi connectivity index (χ2v) is 10.8. The molecule has 2 amide bonds. The first kappa shape index (κ1) is 31.2. The number of ether oxygens (including phenoxy) is 2. The number of alkyl halides is 5. The summed E-state index contributed by atoms with van der Waals surface area (Å²) in [7, 11) is 1.36. The number of carbonyl (C=O) groups is 2. The molecule has 1 saturated carbocycles. The Labute approximate surface area is 248 Å². The predicted molar refractivity (Wildman–Crippen MR) is 148 cm³/mol. The molecule has 2 aliphatic carbocycles. The van der Waals surface area contributed by atoms with E-state index in [1.807, 2.05) is 0 Å². The summed E-state index contributed by atoms with van der Waals surface area (Å²) in [6, 6.07) is 3.62. The summed E-state index contributed by atoms with van der Waals surface area (Å²) >= 11 is 0. The van der Waals surface area contributed by atoms with Crippen LogP contribution in [0.25, 0.3) is 16.5 Å². The lowest BCUT2D eigenvalue weighted by molar-refractivity contribution is -0.265. The molecule has 1 fully saturated rings. The Bertz CT molecular complexity index is 1650. The number of methoxy groups -OCH3 is 1. The van der Waals surface area contributed by atoms with Gasteiger partial charge in [-0.3, -0.25) is 14.3 Å². The lowest BCUT2D eigenvalue weighted by atomic mass is 9.90. The van der Waals surface area contributed by atoms with Crippen molar-refractivity contribution in [3.05, 3.63) is 53.0 Å². The van der Waals surface area contributed by atoms with Crippen LogP contribution in [0.2, 0.25) is 0 Å². The molecule has 44 heavy (non-hydrogen) atoms. The molecule has 0 aliphatic heterocycles. The fourth-order valence-electron chi connectivity index (χ4n) is 5.03. The average molecular weight is 624 g/mol. The number of nitrogens with two attached hydrogens (primary N) is 1. The van der Waals surface area contributed by atoms with Gasteiger partial charge in [0.05, 0.1) is 37.6 Å². The third-order valence-corrected chi connectivity index (χ3v) is 7.63. The summed E-state index contributed by atoms with van der Waals surface area (Å²) in [6.07, 6.45) is -2.33. The van der Waals surface area contributed by atoms with Gasteiger partial charge in [0, 0.05) is 30.0 Å². The predicted octanol–water partition coefficient (Wildman–Crippen LogP) is 4.65. The van der Waals surface area contributed by atoms with Crippen LogP contribution in [0.1, 0.15) is 77.2 Å². The van der Waals surface area contributed by atoms with Crippen molar-refractivity contribution in [3.63, 3.8) is 0 Å². The minimum absolute atomic E-state index is 0.0509. The van der Waals surface area contributed by atoms with Gasteiger partial charge in [0.2, 0.25) is 5.60 Å². The van der Waals surface area contributed by atoms with E-state index in [1.54, 1.807) is 10.9 Å². The molecule has 3 aromatic rings. The molecule has 5 rings (SSSR count). The highest BCUT2D eigenvalue weighted by Crippen LogP contribution is 2.44. The van der Waals surface area contributed by atoms with Gasteiger partial charge in [0.25, 0.3) is 17.7 Å². The molecule has 1 atom stereocenters. The Morgan fingerprint density at radius 2 is 1.95 bits per heavy atom. The van der Waals surface area contributed by atoms with E-state index in [-0.39, 0.29) is 47.4 Å². The van der Waals surface area contributed by atoms with Crippen LogP contribution in [0.15, 0.2) is 30.5 Å². The van der Waals surface area contributed by atoms with Gasteiger partial charge in [-0.1, -0.05) is 6.08 Å². The van der Waals surface area contributed by atoms with Crippen LogP contribution in [-0.4, -0.2) is 64.0 Å². The summed E-state index contributed by atoms with van der Waals surface area (Å²) in [6.45, 7) is 0.0776. The Morgan fingerprint density at radius 1 is 1.23 bits per heavy atom. The van der Waals surface area contributed by atoms with Gasteiger partial charge in [-0.2, -0.15) is 18.3 Å². The van der Waals surface area contributed by atoms with E-state index in [1.165, 1.54) is 26.2 Å². The van der Waals surface area contributed by atoms with Crippen molar-refractivity contribution in [2.45, 2.75) is 62.8 Å². The molecule has 15 heteroatoms. The maximum absolute atomic E-state index is 14.6. The number of nitrogens with one attached hydrogen (secondary N) is 1. The molecule has 4 N–H and O–H groups in total. The summed E-state index contributed by atoms with van der Waals surface area (Å²) in [4.78, 5) is 29.5. The monoisotopic (exact) mass is 623 g/mol. The number of allylic oxidation sites excluding steroid dienone is 2. The zero-order valence-electron chi connectivity index (χ0n) is 23.8. The van der Waals surface area contributed by atoms with E-state index >= 15 is 0 Å². The standard InChI is InChI=1S/C29H30F5N5O5/c1-3-44-24-19(25(35)40)12-21(37-23(24)15-6-8-27(30,31)9-7-15)28(42,29(32,33)34)14-36-26(41)16-10-17-13-39(18-4-5-18)38-22(17)20(11-16)43-2/h6,10-13,18,42H,3-5,7-9,14H2,1-2H3,(H2,35,40)(H,36,41)/t28-/m0/s1. The van der Waals surface area contributed by atoms with Gasteiger partial charge in [-0.05, 0) is 50.0 Å². The zero-order valence-corrected chi connectivity index (χ0v) is 23.8. The molecule has 0 radical (unpaired) electrons. The summed E-state index contributed by atoms with van der Waals surface area (Å²) in [5.41, 5.74) is 0.221. The summed E-state index contributed by atoms with van der Waals surface area (Å²) in [5, 5.41) is 18.2. The van der Waals surface area contributed by atoms with Gasteiger partial charge in [0.1, 0.15) is 17.0 Å². The number of primary amides is 1. The number of rotatable bonds is 10. The largest absolute Gasteiger partial charge is 0.494 e. The van der Waals surface area contributed by atoms with E-state index in [0.29, 0.717) is 17.0 Å². The summed E-state index contributed by atoms with van der Waals surface area (Å²) < 4.78 is 84.0. The van der Waals surface area contributed by atoms with Gasteiger partial charge >= 0.3 is 6.18 Å². The molecular formula is C29H30F5N5O5. The molecule has 0 spiro atoms. The van der Waals surface area contributed by atoms with Crippen LogP contribution < -0.4 is 20.5 Å². The molecule has 2 heterocycles. The van der Waals surface area contributed by atoms with Crippen LogP contribution in [0, 0.1) is 0 Å². The van der Waals surface area contributed by atoms with Crippen LogP contribution in [0.5, 0.6) is 11.5 Å². The molecule has 0 saturated heterocycles. The van der Waals surface area contributed by atoms with E-state index in [4.69, 9.17) is 15.2 Å². The highest BCUT2D eigenvalue weighted by molar-refractivity contribution is 6.00. The van der Waals surface area contributed by atoms with Gasteiger partial charge < -0.3 is 25.6 Å². The minimum atomic E-state index is -5.42. The Morgan fingerprint density at radius 3 is 2.52 bits per heavy atom. The Balaban J connectivity index is 1.53. The number of fused-ring (bicyclic) bond motifs is 1. The van der Waals surface area contributed by atoms with Crippen molar-refractivity contribution in [1.82, 2.24) is 20.1 Å². The third kappa shape index (κ3) is 5.92. The maximum Gasteiger partial charge on any atom is 0.424 e. The van der Waals surface area contributed by atoms with Crippen molar-refractivity contribution < 1.29 is 46.1 Å². The maximum atomic E-state index is 14.6. The SMILES string of the molecule is CCOc1c(C(N)=O)cc([C@@](O)(CNC(=O)c2cc(OC)c3nn(C4CC4)cc3c2)C(F)(F)F)nc1C1=CCC(F)(F)CC1. The fourth-order valence-corrected chi connectivity index (χ4v) is 5.03. The number of amides is 2. The van der Waals surface area contributed by atoms with E-state index in [9.17, 15) is 36.6 Å². The van der Waals surface area contributed by atoms with Crippen LogP contribution in [0.4, 0.5) is 22.0 Å². The highest BCUT2D eigenvalue weighted by Gasteiger charge is 2.57. The minimum Gasteiger partial charge on any atom is -0.494 e. The van der Waals surface area contributed by atoms with E-state index < -0.39 is 60.2 Å². The van der Waals surface area contributed by atoms with Crippen molar-refractivity contribution in [2.24, 2.45) is 5.73 Å². The van der Waals surface area contributed by atoms with Crippen LogP contribution in [0.3, 0.4) is 0 Å². The number of halogens is 5. The number of aliphatic hydroxyl groups is 1. The van der Waals surface area contributed by atoms with E-state index in [2.05, 4.69) is 15.4 Å². The Hall–Kier alpha value is -4.27. The highest BCUT2D eigenvalue weighted by atomic mass is 19.4. The number of hydrogen-bond donors (Lipinski definition) is 3. The number of hydrogen-bond acceptors (Lipinski definition) is 7. The zero-order chi connectivity index (χ0) is 32.0. The normalized spacial score (nSPS) is 18.0. The summed E-state index contributed by atoms with van der Waals surface area (Å²) in [5.74, 6) is -5.25. The second kappa shape index (κ2) is 11.3. The molecular weight excluding hydrogens is 593 g/mol. The number of pyridine rings is 1. The molecule has 10 nitrogen and oxygen atoms in total. The molecule has 2 aromatic heterocycles. The second-order valence-electron chi connectivity index (χ2n) is 10.8. The molecule has 236 valence electrons. The fraction of sp³-hybridized carbons (Fsp3) is 0.448. The van der Waals surface area contributed by atoms with E-state index in [0.717, 1.165) is 18.9 Å². The first-order valence-electron chi connectivity index (χ1n) is 13.9. The van der Waals surface area contributed by atoms with Crippen LogP contribution in [-0.2, 0) is 5.60 Å². The quantitative estimate of drug-likeness (QED) is 0.279. The average Bonchev–Trinajstić information content (AvgIpc) is 3.73.